The average Bonchev–Trinajstić information content (AvgIpc) is 2.77. The van der Waals surface area contributed by atoms with Crippen LogP contribution >= 0.6 is 11.6 Å². The number of amides is 3. The third-order valence-corrected chi connectivity index (χ3v) is 5.99. The van der Waals surface area contributed by atoms with Crippen LogP contribution in [0.2, 0.25) is 5.02 Å². The molecule has 6 nitrogen and oxygen atoms in total. The second-order valence-corrected chi connectivity index (χ2v) is 8.44. The van der Waals surface area contributed by atoms with Gasteiger partial charge in [0.25, 0.3) is 0 Å². The normalized spacial score (nSPS) is 18.9. The van der Waals surface area contributed by atoms with E-state index in [-0.39, 0.29) is 36.3 Å². The van der Waals surface area contributed by atoms with Gasteiger partial charge in [-0.1, -0.05) is 29.8 Å². The van der Waals surface area contributed by atoms with Crippen LogP contribution in [0.4, 0.5) is 14.9 Å². The molecule has 2 aliphatic heterocycles. The number of carbonyl (C=O) groups is 2. The summed E-state index contributed by atoms with van der Waals surface area (Å²) < 4.78 is 19.6. The van der Waals surface area contributed by atoms with Gasteiger partial charge in [-0.25, -0.2) is 9.18 Å². The van der Waals surface area contributed by atoms with Crippen molar-refractivity contribution in [3.8, 4) is 5.75 Å². The van der Waals surface area contributed by atoms with Gasteiger partial charge >= 0.3 is 6.03 Å². The molecule has 4 rings (SSSR count). The van der Waals surface area contributed by atoms with Crippen molar-refractivity contribution in [2.24, 2.45) is 5.92 Å². The molecule has 1 fully saturated rings. The van der Waals surface area contributed by atoms with E-state index in [1.165, 1.54) is 6.07 Å². The summed E-state index contributed by atoms with van der Waals surface area (Å²) >= 11 is 6.13. The summed E-state index contributed by atoms with van der Waals surface area (Å²) in [5.74, 6) is 0.0101. The Balaban J connectivity index is 1.35. The van der Waals surface area contributed by atoms with Gasteiger partial charge in [-0.15, -0.1) is 0 Å². The molecule has 3 amide bonds. The molecular weight excluding hydrogens is 421 g/mol. The van der Waals surface area contributed by atoms with E-state index in [2.05, 4.69) is 5.32 Å². The van der Waals surface area contributed by atoms with Gasteiger partial charge in [-0.05, 0) is 44.0 Å². The summed E-state index contributed by atoms with van der Waals surface area (Å²) in [6.07, 6.45) is 1.01. The van der Waals surface area contributed by atoms with Crippen LogP contribution in [0.25, 0.3) is 0 Å². The molecule has 2 aromatic carbocycles. The van der Waals surface area contributed by atoms with E-state index in [0.29, 0.717) is 54.5 Å². The third-order valence-electron chi connectivity index (χ3n) is 5.76. The lowest BCUT2D eigenvalue weighted by Crippen LogP contribution is -2.52. The minimum Gasteiger partial charge on any atom is -0.487 e. The maximum atomic E-state index is 13.7. The fourth-order valence-corrected chi connectivity index (χ4v) is 4.23. The minimum atomic E-state index is -0.330. The molecule has 0 bridgehead atoms. The van der Waals surface area contributed by atoms with Crippen LogP contribution in [0.15, 0.2) is 42.5 Å². The number of benzene rings is 2. The summed E-state index contributed by atoms with van der Waals surface area (Å²) in [6, 6.07) is 11.6. The molecule has 2 aromatic rings. The Labute approximate surface area is 185 Å². The molecule has 0 aliphatic carbocycles. The van der Waals surface area contributed by atoms with E-state index in [4.69, 9.17) is 16.3 Å². The lowest BCUT2D eigenvalue weighted by atomic mass is 9.96. The number of fused-ring (bicyclic) bond motifs is 1. The van der Waals surface area contributed by atoms with E-state index < -0.39 is 0 Å². The first-order valence-corrected chi connectivity index (χ1v) is 10.8. The summed E-state index contributed by atoms with van der Waals surface area (Å²) in [5.41, 5.74) is 1.13. The predicted octanol–water partition coefficient (Wildman–Crippen LogP) is 4.21. The number of nitrogens with one attached hydrogen (secondary N) is 1. The molecule has 8 heteroatoms. The zero-order chi connectivity index (χ0) is 22.0. The monoisotopic (exact) mass is 445 g/mol. The van der Waals surface area contributed by atoms with Crippen LogP contribution in [0, 0.1) is 11.7 Å². The van der Waals surface area contributed by atoms with Gasteiger partial charge in [0.05, 0.1) is 12.2 Å². The third kappa shape index (κ3) is 4.77. The highest BCUT2D eigenvalue weighted by molar-refractivity contribution is 6.31. The Morgan fingerprint density at radius 1 is 1.19 bits per heavy atom. The van der Waals surface area contributed by atoms with Gasteiger partial charge < -0.3 is 15.0 Å². The molecule has 1 N–H and O–H groups in total. The van der Waals surface area contributed by atoms with Crippen molar-refractivity contribution in [2.45, 2.75) is 32.4 Å². The Bertz CT molecular complexity index is 978. The fourth-order valence-electron chi connectivity index (χ4n) is 4.06. The van der Waals surface area contributed by atoms with Crippen LogP contribution in [-0.4, -0.2) is 42.6 Å². The molecule has 1 unspecified atom stereocenters. The lowest BCUT2D eigenvalue weighted by molar-refractivity contribution is -0.126. The van der Waals surface area contributed by atoms with Gasteiger partial charge in [-0.3, -0.25) is 9.69 Å². The van der Waals surface area contributed by atoms with Crippen molar-refractivity contribution < 1.29 is 18.7 Å². The number of nitrogens with zero attached hydrogens (tertiary/aromatic N) is 2. The van der Waals surface area contributed by atoms with Crippen molar-refractivity contribution in [3.63, 3.8) is 0 Å². The van der Waals surface area contributed by atoms with Crippen molar-refractivity contribution in [1.82, 2.24) is 10.2 Å². The van der Waals surface area contributed by atoms with Crippen LogP contribution < -0.4 is 15.0 Å². The molecular formula is C23H25ClFN3O3. The summed E-state index contributed by atoms with van der Waals surface area (Å²) in [7, 11) is 0. The number of rotatable bonds is 3. The first kappa shape index (κ1) is 21.4. The molecule has 164 valence electrons. The Hall–Kier alpha value is -2.80. The molecule has 31 heavy (non-hydrogen) atoms. The Morgan fingerprint density at radius 3 is 2.68 bits per heavy atom. The first-order valence-electron chi connectivity index (χ1n) is 10.5. The summed E-state index contributed by atoms with van der Waals surface area (Å²) in [5, 5.41) is 3.36. The number of hydrogen-bond acceptors (Lipinski definition) is 3. The van der Waals surface area contributed by atoms with Gasteiger partial charge in [0, 0.05) is 36.1 Å². The number of urea groups is 1. The van der Waals surface area contributed by atoms with E-state index in [0.717, 1.165) is 0 Å². The topological polar surface area (TPSA) is 61.9 Å². The first-order chi connectivity index (χ1) is 14.9. The number of ether oxygens (including phenoxy) is 1. The quantitative estimate of drug-likeness (QED) is 0.769. The van der Waals surface area contributed by atoms with E-state index in [9.17, 15) is 14.0 Å². The minimum absolute atomic E-state index is 0.104. The Kier molecular flexibility index (Phi) is 6.32. The second-order valence-electron chi connectivity index (χ2n) is 8.00. The molecule has 0 saturated carbocycles. The molecule has 0 radical (unpaired) electrons. The average molecular weight is 446 g/mol. The van der Waals surface area contributed by atoms with E-state index in [1.807, 2.05) is 6.92 Å². The van der Waals surface area contributed by atoms with Crippen molar-refractivity contribution in [2.75, 3.05) is 24.5 Å². The van der Waals surface area contributed by atoms with Crippen LogP contribution in [-0.2, 0) is 11.3 Å². The molecule has 0 aromatic heterocycles. The summed E-state index contributed by atoms with van der Waals surface area (Å²) in [6.45, 7) is 3.49. The zero-order valence-corrected chi connectivity index (χ0v) is 18.1. The maximum absolute atomic E-state index is 13.7. The zero-order valence-electron chi connectivity index (χ0n) is 17.3. The molecule has 2 aliphatic rings. The van der Waals surface area contributed by atoms with Gasteiger partial charge in [0.1, 0.15) is 17.7 Å². The van der Waals surface area contributed by atoms with Crippen LogP contribution in [0.1, 0.15) is 25.3 Å². The largest absolute Gasteiger partial charge is 0.487 e. The van der Waals surface area contributed by atoms with Crippen molar-refractivity contribution in [3.05, 3.63) is 58.9 Å². The molecule has 0 spiro atoms. The number of likely N-dealkylation sites (tertiary alicyclic amines) is 1. The smallest absolute Gasteiger partial charge is 0.324 e. The molecule has 1 saturated heterocycles. The molecule has 2 heterocycles. The highest BCUT2D eigenvalue weighted by Gasteiger charge is 2.34. The van der Waals surface area contributed by atoms with E-state index in [1.54, 1.807) is 46.2 Å². The predicted molar refractivity (Wildman–Crippen MR) is 117 cm³/mol. The SMILES string of the molecule is CC1CN(C(=O)N2CCC(C(=O)NCc3ccccc3F)CC2)c2cc(Cl)ccc2O1. The number of piperidine rings is 1. The second kappa shape index (κ2) is 9.14. The summed E-state index contributed by atoms with van der Waals surface area (Å²) in [4.78, 5) is 29.2. The Morgan fingerprint density at radius 2 is 1.94 bits per heavy atom. The number of anilines is 1. The standard InChI is InChI=1S/C23H25ClFN3O3/c1-15-14-28(20-12-18(24)6-7-21(20)31-15)23(30)27-10-8-16(9-11-27)22(29)26-13-17-4-2-3-5-19(17)25/h2-7,12,15-16H,8-11,13-14H2,1H3,(H,26,29). The number of carbonyl (C=O) groups excluding carboxylic acids is 2. The molecule has 1 atom stereocenters. The van der Waals surface area contributed by atoms with Gasteiger partial charge in [0.2, 0.25) is 5.91 Å². The van der Waals surface area contributed by atoms with E-state index >= 15 is 0 Å². The van der Waals surface area contributed by atoms with Crippen LogP contribution in [0.5, 0.6) is 5.75 Å². The number of halogens is 2. The number of hydrogen-bond donors (Lipinski definition) is 1. The van der Waals surface area contributed by atoms with Gasteiger partial charge in [-0.2, -0.15) is 0 Å². The van der Waals surface area contributed by atoms with Crippen molar-refractivity contribution in [1.29, 1.82) is 0 Å². The highest BCUT2D eigenvalue weighted by atomic mass is 35.5. The lowest BCUT2D eigenvalue weighted by Gasteiger charge is -2.39. The van der Waals surface area contributed by atoms with Crippen LogP contribution in [0.3, 0.4) is 0 Å². The van der Waals surface area contributed by atoms with Gasteiger partial charge in [0.15, 0.2) is 0 Å². The van der Waals surface area contributed by atoms with Crippen molar-refractivity contribution >= 4 is 29.2 Å². The maximum Gasteiger partial charge on any atom is 0.324 e. The fraction of sp³-hybridized carbons (Fsp3) is 0.391. The highest BCUT2D eigenvalue weighted by Crippen LogP contribution is 2.36.